The topological polar surface area (TPSA) is 96.5 Å². The summed E-state index contributed by atoms with van der Waals surface area (Å²) in [5.41, 5.74) is 2.52. The lowest BCUT2D eigenvalue weighted by atomic mass is 10.1. The van der Waals surface area contributed by atoms with Crippen LogP contribution >= 0.6 is 27.7 Å². The van der Waals surface area contributed by atoms with Crippen LogP contribution in [-0.2, 0) is 9.59 Å². The number of thioether (sulfide) groups is 1. The van der Waals surface area contributed by atoms with Crippen molar-refractivity contribution in [2.45, 2.75) is 24.0 Å². The molecule has 7 nitrogen and oxygen atoms in total. The van der Waals surface area contributed by atoms with Crippen molar-refractivity contribution in [1.29, 1.82) is 0 Å². The maximum Gasteiger partial charge on any atom is 0.272 e. The molecule has 1 atom stereocenters. The molecule has 214 valence electrons. The maximum atomic E-state index is 13.3. The van der Waals surface area contributed by atoms with Gasteiger partial charge in [0.1, 0.15) is 11.4 Å². The molecule has 42 heavy (non-hydrogen) atoms. The van der Waals surface area contributed by atoms with Gasteiger partial charge in [-0.2, -0.15) is 0 Å². The summed E-state index contributed by atoms with van der Waals surface area (Å²) in [6, 6.07) is 30.5. The van der Waals surface area contributed by atoms with Crippen molar-refractivity contribution < 1.29 is 19.1 Å². The number of carbonyl (C=O) groups is 3. The molecular formula is C33H30BrN3O4S. The third kappa shape index (κ3) is 9.09. The molecule has 0 radical (unpaired) electrons. The van der Waals surface area contributed by atoms with E-state index in [1.165, 1.54) is 11.8 Å². The van der Waals surface area contributed by atoms with Crippen molar-refractivity contribution in [3.63, 3.8) is 0 Å². The van der Waals surface area contributed by atoms with E-state index >= 15 is 0 Å². The second-order valence-electron chi connectivity index (χ2n) is 9.12. The van der Waals surface area contributed by atoms with Gasteiger partial charge in [-0.05, 0) is 98.3 Å². The number of amides is 3. The van der Waals surface area contributed by atoms with E-state index in [4.69, 9.17) is 4.74 Å². The number of anilines is 2. The Bertz CT molecular complexity index is 1560. The molecule has 0 bridgehead atoms. The average molecular weight is 645 g/mol. The summed E-state index contributed by atoms with van der Waals surface area (Å²) >= 11 is 4.84. The molecule has 4 aromatic rings. The smallest absolute Gasteiger partial charge is 0.272 e. The minimum absolute atomic E-state index is 0.0972. The summed E-state index contributed by atoms with van der Waals surface area (Å²) < 4.78 is 6.29. The van der Waals surface area contributed by atoms with Gasteiger partial charge < -0.3 is 20.7 Å². The van der Waals surface area contributed by atoms with Crippen molar-refractivity contribution >= 4 is 62.9 Å². The number of ether oxygens (including phenoxy) is 1. The van der Waals surface area contributed by atoms with Gasteiger partial charge >= 0.3 is 0 Å². The number of hydrogen-bond acceptors (Lipinski definition) is 5. The Hall–Kier alpha value is -4.34. The number of carbonyl (C=O) groups excluding carboxylic acids is 3. The second-order valence-corrected chi connectivity index (χ2v) is 11.4. The van der Waals surface area contributed by atoms with E-state index in [9.17, 15) is 14.4 Å². The highest BCUT2D eigenvalue weighted by molar-refractivity contribution is 9.10. The third-order valence-electron chi connectivity index (χ3n) is 5.92. The molecule has 0 saturated heterocycles. The van der Waals surface area contributed by atoms with Crippen LogP contribution in [0.5, 0.6) is 5.75 Å². The molecule has 9 heteroatoms. The quantitative estimate of drug-likeness (QED) is 0.117. The monoisotopic (exact) mass is 643 g/mol. The van der Waals surface area contributed by atoms with Gasteiger partial charge in [0.2, 0.25) is 5.91 Å². The van der Waals surface area contributed by atoms with Crippen LogP contribution in [0.3, 0.4) is 0 Å². The van der Waals surface area contributed by atoms with Crippen molar-refractivity contribution in [2.75, 3.05) is 17.2 Å². The number of nitrogens with one attached hydrogen (secondary N) is 3. The predicted octanol–water partition coefficient (Wildman–Crippen LogP) is 7.38. The second kappa shape index (κ2) is 15.0. The Morgan fingerprint density at radius 1 is 0.857 bits per heavy atom. The van der Waals surface area contributed by atoms with Gasteiger partial charge in [-0.3, -0.25) is 14.4 Å². The molecular weight excluding hydrogens is 614 g/mol. The molecule has 0 spiro atoms. The minimum atomic E-state index is -0.470. The standard InChI is InChI=1S/C33H30BrN3O4S/c1-3-41-28-16-12-26(13-17-28)35-31(38)22(2)42-29-18-14-27(15-19-29)36-33(40)30(21-23-8-7-11-25(34)20-23)37-32(39)24-9-5-4-6-10-24/h4-22H,3H2,1-2H3,(H,35,38)(H,36,40)(H,37,39)/b30-21-. The zero-order valence-corrected chi connectivity index (χ0v) is 25.5. The fourth-order valence-corrected chi connectivity index (χ4v) is 5.11. The van der Waals surface area contributed by atoms with Gasteiger partial charge in [-0.15, -0.1) is 11.8 Å². The lowest BCUT2D eigenvalue weighted by Gasteiger charge is -2.14. The van der Waals surface area contributed by atoms with Crippen molar-refractivity contribution in [1.82, 2.24) is 5.32 Å². The summed E-state index contributed by atoms with van der Waals surface area (Å²) in [7, 11) is 0. The van der Waals surface area contributed by atoms with Crippen LogP contribution in [0.25, 0.3) is 6.08 Å². The van der Waals surface area contributed by atoms with E-state index in [1.807, 2.05) is 68.4 Å². The average Bonchev–Trinajstić information content (AvgIpc) is 2.99. The molecule has 0 aliphatic heterocycles. The van der Waals surface area contributed by atoms with Crippen LogP contribution in [0.1, 0.15) is 29.8 Å². The highest BCUT2D eigenvalue weighted by Crippen LogP contribution is 2.26. The molecule has 3 amide bonds. The summed E-state index contributed by atoms with van der Waals surface area (Å²) in [6.45, 7) is 4.33. The van der Waals surface area contributed by atoms with Gasteiger partial charge in [-0.25, -0.2) is 0 Å². The molecule has 4 rings (SSSR count). The van der Waals surface area contributed by atoms with Gasteiger partial charge in [-0.1, -0.05) is 46.3 Å². The SMILES string of the molecule is CCOc1ccc(NC(=O)C(C)Sc2ccc(NC(=O)/C(=C/c3cccc(Br)c3)NC(=O)c3ccccc3)cc2)cc1. The Morgan fingerprint density at radius 3 is 2.19 bits per heavy atom. The van der Waals surface area contributed by atoms with Crippen molar-refractivity contribution in [2.24, 2.45) is 0 Å². The van der Waals surface area contributed by atoms with Crippen LogP contribution in [0.2, 0.25) is 0 Å². The first-order valence-electron chi connectivity index (χ1n) is 13.3. The Balaban J connectivity index is 1.40. The van der Waals surface area contributed by atoms with E-state index in [0.717, 1.165) is 20.7 Å². The van der Waals surface area contributed by atoms with Crippen molar-refractivity contribution in [3.05, 3.63) is 124 Å². The number of halogens is 1. The molecule has 0 heterocycles. The van der Waals surface area contributed by atoms with E-state index in [-0.39, 0.29) is 16.9 Å². The lowest BCUT2D eigenvalue weighted by molar-refractivity contribution is -0.115. The van der Waals surface area contributed by atoms with Crippen LogP contribution < -0.4 is 20.7 Å². The normalized spacial score (nSPS) is 11.7. The third-order valence-corrected chi connectivity index (χ3v) is 7.52. The van der Waals surface area contributed by atoms with E-state index < -0.39 is 11.8 Å². The summed E-state index contributed by atoms with van der Waals surface area (Å²) in [4.78, 5) is 39.7. The fourth-order valence-electron chi connectivity index (χ4n) is 3.82. The summed E-state index contributed by atoms with van der Waals surface area (Å²) in [6.07, 6.45) is 1.62. The van der Waals surface area contributed by atoms with E-state index in [0.29, 0.717) is 23.5 Å². The molecule has 0 fully saturated rings. The molecule has 4 aromatic carbocycles. The Morgan fingerprint density at radius 2 is 1.52 bits per heavy atom. The van der Waals surface area contributed by atoms with Crippen LogP contribution in [0.4, 0.5) is 11.4 Å². The maximum absolute atomic E-state index is 13.3. The number of rotatable bonds is 11. The van der Waals surface area contributed by atoms with Gasteiger partial charge in [0.15, 0.2) is 0 Å². The first-order chi connectivity index (χ1) is 20.3. The summed E-state index contributed by atoms with van der Waals surface area (Å²) in [5, 5.41) is 8.15. The zero-order valence-electron chi connectivity index (χ0n) is 23.1. The highest BCUT2D eigenvalue weighted by Gasteiger charge is 2.17. The predicted molar refractivity (Wildman–Crippen MR) is 173 cm³/mol. The Kier molecular flexibility index (Phi) is 11.0. The molecule has 3 N–H and O–H groups in total. The van der Waals surface area contributed by atoms with Gasteiger partial charge in [0.05, 0.1) is 11.9 Å². The van der Waals surface area contributed by atoms with E-state index in [2.05, 4.69) is 31.9 Å². The van der Waals surface area contributed by atoms with E-state index in [1.54, 1.807) is 54.6 Å². The molecule has 0 saturated carbocycles. The van der Waals surface area contributed by atoms with Crippen molar-refractivity contribution in [3.8, 4) is 5.75 Å². The summed E-state index contributed by atoms with van der Waals surface area (Å²) in [5.74, 6) is -0.239. The minimum Gasteiger partial charge on any atom is -0.494 e. The van der Waals surface area contributed by atoms with Crippen LogP contribution in [-0.4, -0.2) is 29.6 Å². The highest BCUT2D eigenvalue weighted by atomic mass is 79.9. The fraction of sp³-hybridized carbons (Fsp3) is 0.121. The van der Waals surface area contributed by atoms with Gasteiger partial charge in [0, 0.05) is 26.3 Å². The Labute approximate surface area is 257 Å². The first kappa shape index (κ1) is 30.6. The zero-order chi connectivity index (χ0) is 29.9. The molecule has 0 aromatic heterocycles. The van der Waals surface area contributed by atoms with Crippen LogP contribution in [0.15, 0.2) is 118 Å². The molecule has 0 aliphatic rings. The molecule has 0 aliphatic carbocycles. The lowest BCUT2D eigenvalue weighted by Crippen LogP contribution is -2.30. The van der Waals surface area contributed by atoms with Crippen LogP contribution in [0, 0.1) is 0 Å². The first-order valence-corrected chi connectivity index (χ1v) is 14.9. The number of benzene rings is 4. The number of hydrogen-bond donors (Lipinski definition) is 3. The molecule has 1 unspecified atom stereocenters. The van der Waals surface area contributed by atoms with Gasteiger partial charge in [0.25, 0.3) is 11.8 Å². The largest absolute Gasteiger partial charge is 0.494 e.